The SMILES string of the molecule is [B]C([B])([B])C(CC(=O)O)Nc1ccccn1. The fourth-order valence-electron chi connectivity index (χ4n) is 1.15. The zero-order valence-electron chi connectivity index (χ0n) is 8.63. The van der Waals surface area contributed by atoms with Crippen LogP contribution in [-0.2, 0) is 4.79 Å². The zero-order valence-corrected chi connectivity index (χ0v) is 8.63. The van der Waals surface area contributed by atoms with Gasteiger partial charge in [-0.25, -0.2) is 4.98 Å². The molecule has 0 aliphatic rings. The molecule has 6 radical (unpaired) electrons. The van der Waals surface area contributed by atoms with E-state index in [-0.39, 0.29) is 6.42 Å². The summed E-state index contributed by atoms with van der Waals surface area (Å²) >= 11 is 0. The van der Waals surface area contributed by atoms with Gasteiger partial charge in [-0.3, -0.25) is 4.79 Å². The van der Waals surface area contributed by atoms with Crippen molar-refractivity contribution in [3.05, 3.63) is 24.4 Å². The van der Waals surface area contributed by atoms with Crippen molar-refractivity contribution in [3.8, 4) is 0 Å². The minimum atomic E-state index is -1.63. The predicted octanol–water partition coefficient (Wildman–Crippen LogP) is -0.0840. The predicted molar refractivity (Wildman–Crippen MR) is 63.9 cm³/mol. The van der Waals surface area contributed by atoms with Crippen LogP contribution in [0.4, 0.5) is 5.82 Å². The molecule has 0 spiro atoms. The smallest absolute Gasteiger partial charge is 0.305 e. The van der Waals surface area contributed by atoms with Gasteiger partial charge < -0.3 is 10.4 Å². The van der Waals surface area contributed by atoms with Crippen molar-refractivity contribution < 1.29 is 9.90 Å². The number of hydrogen-bond acceptors (Lipinski definition) is 3. The van der Waals surface area contributed by atoms with E-state index < -0.39 is 17.1 Å². The molecule has 0 fully saturated rings. The number of pyridine rings is 1. The standard InChI is InChI=1S/C9H9B3N2O2/c10-9(11,12)6(5-8(15)16)14-7-3-1-2-4-13-7/h1-4,6H,5H2,(H,13,14)(H,15,16). The molecule has 4 nitrogen and oxygen atoms in total. The molecule has 0 aliphatic heterocycles. The van der Waals surface area contributed by atoms with Gasteiger partial charge in [0.05, 0.1) is 30.0 Å². The Kier molecular flexibility index (Phi) is 4.04. The van der Waals surface area contributed by atoms with E-state index in [0.717, 1.165) is 0 Å². The zero-order chi connectivity index (χ0) is 12.2. The van der Waals surface area contributed by atoms with Gasteiger partial charge in [0.1, 0.15) is 5.82 Å². The molecular formula is C9H9B3N2O2. The Morgan fingerprint density at radius 2 is 2.19 bits per heavy atom. The maximum Gasteiger partial charge on any atom is 0.305 e. The molecule has 1 heterocycles. The summed E-state index contributed by atoms with van der Waals surface area (Å²) in [4.78, 5) is 14.6. The second-order valence-electron chi connectivity index (χ2n) is 3.51. The Balaban J connectivity index is 2.75. The summed E-state index contributed by atoms with van der Waals surface area (Å²) < 4.78 is 0. The van der Waals surface area contributed by atoms with E-state index >= 15 is 0 Å². The lowest BCUT2D eigenvalue weighted by Crippen LogP contribution is -2.38. The number of carboxylic acid groups (broad SMARTS) is 1. The molecule has 0 bridgehead atoms. The van der Waals surface area contributed by atoms with Crippen LogP contribution in [0.15, 0.2) is 24.4 Å². The van der Waals surface area contributed by atoms with E-state index in [1.807, 2.05) is 0 Å². The first-order chi connectivity index (χ1) is 7.39. The van der Waals surface area contributed by atoms with E-state index in [1.165, 1.54) is 0 Å². The van der Waals surface area contributed by atoms with Crippen LogP contribution in [0.25, 0.3) is 0 Å². The van der Waals surface area contributed by atoms with Gasteiger partial charge in [0.15, 0.2) is 0 Å². The van der Waals surface area contributed by atoms with Crippen LogP contribution in [-0.4, -0.2) is 45.6 Å². The van der Waals surface area contributed by atoms with E-state index in [4.69, 9.17) is 28.6 Å². The molecule has 1 aromatic rings. The molecule has 0 amide bonds. The highest BCUT2D eigenvalue weighted by atomic mass is 16.4. The summed E-state index contributed by atoms with van der Waals surface area (Å²) in [5.41, 5.74) is 0. The van der Waals surface area contributed by atoms with Gasteiger partial charge in [0.2, 0.25) is 0 Å². The van der Waals surface area contributed by atoms with Crippen LogP contribution in [0.3, 0.4) is 0 Å². The number of carbonyl (C=O) groups is 1. The Labute approximate surface area is 98.1 Å². The van der Waals surface area contributed by atoms with Gasteiger partial charge in [0, 0.05) is 12.2 Å². The number of nitrogens with one attached hydrogen (secondary N) is 1. The number of carboxylic acids is 1. The molecule has 0 saturated heterocycles. The quantitative estimate of drug-likeness (QED) is 0.666. The van der Waals surface area contributed by atoms with Crippen LogP contribution in [0.2, 0.25) is 5.11 Å². The summed E-state index contributed by atoms with van der Waals surface area (Å²) in [5.74, 6) is -0.571. The van der Waals surface area contributed by atoms with Gasteiger partial charge in [-0.1, -0.05) is 6.07 Å². The molecule has 76 valence electrons. The maximum absolute atomic E-state index is 10.6. The first-order valence-corrected chi connectivity index (χ1v) is 4.65. The third-order valence-corrected chi connectivity index (χ3v) is 1.97. The first-order valence-electron chi connectivity index (χ1n) is 4.65. The van der Waals surface area contributed by atoms with E-state index in [0.29, 0.717) is 5.82 Å². The number of aromatic nitrogens is 1. The molecule has 2 N–H and O–H groups in total. The van der Waals surface area contributed by atoms with Crippen molar-refractivity contribution in [2.45, 2.75) is 17.6 Å². The average Bonchev–Trinajstić information content (AvgIpc) is 2.16. The molecule has 1 rings (SSSR count). The lowest BCUT2D eigenvalue weighted by atomic mass is 9.39. The summed E-state index contributed by atoms with van der Waals surface area (Å²) in [6.07, 6.45) is 1.27. The largest absolute Gasteiger partial charge is 0.481 e. The monoisotopic (exact) mass is 210 g/mol. The highest BCUT2D eigenvalue weighted by Crippen LogP contribution is 2.22. The van der Waals surface area contributed by atoms with Gasteiger partial charge in [-0.2, -0.15) is 0 Å². The number of aliphatic carboxylic acids is 1. The van der Waals surface area contributed by atoms with Crippen molar-refractivity contribution in [1.29, 1.82) is 0 Å². The second-order valence-corrected chi connectivity index (χ2v) is 3.51. The van der Waals surface area contributed by atoms with Crippen LogP contribution in [0, 0.1) is 0 Å². The minimum Gasteiger partial charge on any atom is -0.481 e. The third-order valence-electron chi connectivity index (χ3n) is 1.97. The lowest BCUT2D eigenvalue weighted by Gasteiger charge is -2.32. The molecule has 16 heavy (non-hydrogen) atoms. The molecule has 7 heteroatoms. The van der Waals surface area contributed by atoms with Crippen molar-refractivity contribution in [2.75, 3.05) is 5.32 Å². The molecule has 0 aliphatic carbocycles. The summed E-state index contributed by atoms with van der Waals surface area (Å²) in [6.45, 7) is 0. The van der Waals surface area contributed by atoms with Crippen LogP contribution < -0.4 is 5.32 Å². The van der Waals surface area contributed by atoms with Crippen molar-refractivity contribution in [2.24, 2.45) is 0 Å². The summed E-state index contributed by atoms with van der Waals surface area (Å²) in [6, 6.07) is 4.34. The Bertz CT molecular complexity index is 354. The molecule has 1 atom stereocenters. The second kappa shape index (κ2) is 5.10. The Morgan fingerprint density at radius 1 is 1.50 bits per heavy atom. The van der Waals surface area contributed by atoms with Crippen LogP contribution >= 0.6 is 0 Å². The van der Waals surface area contributed by atoms with Gasteiger partial charge in [-0.05, 0) is 12.1 Å². The lowest BCUT2D eigenvalue weighted by molar-refractivity contribution is -0.137. The fraction of sp³-hybridized carbons (Fsp3) is 0.333. The fourth-order valence-corrected chi connectivity index (χ4v) is 1.15. The van der Waals surface area contributed by atoms with E-state index in [2.05, 4.69) is 10.3 Å². The number of anilines is 1. The van der Waals surface area contributed by atoms with E-state index in [1.54, 1.807) is 24.4 Å². The van der Waals surface area contributed by atoms with Crippen molar-refractivity contribution in [3.63, 3.8) is 0 Å². The summed E-state index contributed by atoms with van der Waals surface area (Å²) in [5, 5.41) is 9.85. The number of nitrogens with zero attached hydrogens (tertiary/aromatic N) is 1. The van der Waals surface area contributed by atoms with Gasteiger partial charge in [-0.15, -0.1) is 5.11 Å². The summed E-state index contributed by atoms with van der Waals surface area (Å²) in [7, 11) is 16.4. The Hall–Kier alpha value is -1.39. The molecule has 1 aromatic heterocycles. The topological polar surface area (TPSA) is 62.2 Å². The van der Waals surface area contributed by atoms with Crippen LogP contribution in [0.1, 0.15) is 6.42 Å². The van der Waals surface area contributed by atoms with Crippen molar-refractivity contribution in [1.82, 2.24) is 4.98 Å². The van der Waals surface area contributed by atoms with Gasteiger partial charge >= 0.3 is 5.97 Å². The molecule has 0 saturated carbocycles. The highest BCUT2D eigenvalue weighted by Gasteiger charge is 2.25. The average molecular weight is 210 g/mol. The van der Waals surface area contributed by atoms with Crippen LogP contribution in [0.5, 0.6) is 0 Å². The van der Waals surface area contributed by atoms with Crippen molar-refractivity contribution >= 4 is 35.3 Å². The number of rotatable bonds is 5. The minimum absolute atomic E-state index is 0.292. The van der Waals surface area contributed by atoms with E-state index in [9.17, 15) is 4.79 Å². The molecular weight excluding hydrogens is 201 g/mol. The van der Waals surface area contributed by atoms with Gasteiger partial charge in [0.25, 0.3) is 0 Å². The molecule has 1 unspecified atom stereocenters. The third kappa shape index (κ3) is 4.00. The maximum atomic E-state index is 10.6. The molecule has 0 aromatic carbocycles. The Morgan fingerprint density at radius 3 is 2.62 bits per heavy atom. The first kappa shape index (κ1) is 12.7. The number of hydrogen-bond donors (Lipinski definition) is 2. The normalized spacial score (nSPS) is 13.0. The highest BCUT2D eigenvalue weighted by molar-refractivity contribution is 6.59.